The Morgan fingerprint density at radius 3 is 2.60 bits per heavy atom. The lowest BCUT2D eigenvalue weighted by Gasteiger charge is -2.18. The van der Waals surface area contributed by atoms with Crippen molar-refractivity contribution in [3.63, 3.8) is 0 Å². The maximum atomic E-state index is 5.28. The van der Waals surface area contributed by atoms with E-state index in [-0.39, 0.29) is 0 Å². The van der Waals surface area contributed by atoms with Gasteiger partial charge in [-0.2, -0.15) is 5.10 Å². The summed E-state index contributed by atoms with van der Waals surface area (Å²) in [6.07, 6.45) is 2.86. The molecule has 0 fully saturated rings. The summed E-state index contributed by atoms with van der Waals surface area (Å²) in [6.45, 7) is 3.21. The maximum absolute atomic E-state index is 5.28. The van der Waals surface area contributed by atoms with Crippen LogP contribution in [0, 0.1) is 0 Å². The molecule has 6 heteroatoms. The van der Waals surface area contributed by atoms with Crippen LogP contribution in [0.2, 0.25) is 0 Å². The molecule has 0 aliphatic carbocycles. The van der Waals surface area contributed by atoms with Crippen molar-refractivity contribution in [3.8, 4) is 5.75 Å². The largest absolute Gasteiger partial charge is 0.495 e. The van der Waals surface area contributed by atoms with Gasteiger partial charge in [0.2, 0.25) is 0 Å². The number of anilines is 2. The molecule has 0 saturated heterocycles. The van der Waals surface area contributed by atoms with E-state index in [0.717, 1.165) is 30.0 Å². The number of rotatable bonds is 7. The minimum atomic E-state index is 0.403. The minimum absolute atomic E-state index is 0.403. The summed E-state index contributed by atoms with van der Waals surface area (Å²) < 4.78 is 5.28. The summed E-state index contributed by atoms with van der Waals surface area (Å²) in [4.78, 5) is 2.23. The number of benzene rings is 2. The van der Waals surface area contributed by atoms with Crippen LogP contribution in [0.15, 0.2) is 53.6 Å². The number of hydrazone groups is 1. The molecule has 25 heavy (non-hydrogen) atoms. The number of nitrogens with zero attached hydrogens (tertiary/aromatic N) is 2. The summed E-state index contributed by atoms with van der Waals surface area (Å²) in [5.41, 5.74) is 5.80. The summed E-state index contributed by atoms with van der Waals surface area (Å²) >= 11 is 5.24. The van der Waals surface area contributed by atoms with Crippen molar-refractivity contribution in [1.29, 1.82) is 0 Å². The topological polar surface area (TPSA) is 48.9 Å². The maximum Gasteiger partial charge on any atom is 0.191 e. The van der Waals surface area contributed by atoms with Gasteiger partial charge in [0, 0.05) is 19.3 Å². The summed E-state index contributed by atoms with van der Waals surface area (Å²) in [6, 6.07) is 15.8. The normalized spacial score (nSPS) is 10.5. The Morgan fingerprint density at radius 1 is 1.20 bits per heavy atom. The quantitative estimate of drug-likeness (QED) is 0.448. The third-order valence-electron chi connectivity index (χ3n) is 3.63. The zero-order chi connectivity index (χ0) is 18.1. The Morgan fingerprint density at radius 2 is 1.92 bits per heavy atom. The molecule has 0 aliphatic rings. The first-order valence-electron chi connectivity index (χ1n) is 8.18. The van der Waals surface area contributed by atoms with Gasteiger partial charge < -0.3 is 15.0 Å². The Labute approximate surface area is 154 Å². The van der Waals surface area contributed by atoms with Gasteiger partial charge in [-0.05, 0) is 48.5 Å². The van der Waals surface area contributed by atoms with Crippen LogP contribution < -0.4 is 20.4 Å². The van der Waals surface area contributed by atoms with Crippen LogP contribution >= 0.6 is 12.2 Å². The first-order valence-corrected chi connectivity index (χ1v) is 8.59. The standard InChI is InChI=1S/C19H24N4OS/c1-4-13-23(2)16-11-9-15(10-12-16)14-20-22-19(25)21-17-7-5-6-8-18(17)24-3/h5-12,14H,4,13H2,1-3H3,(H2,21,22,25)/b20-14+. The van der Waals surface area contributed by atoms with Crippen molar-refractivity contribution in [3.05, 3.63) is 54.1 Å². The lowest BCUT2D eigenvalue weighted by molar-refractivity contribution is 0.417. The monoisotopic (exact) mass is 356 g/mol. The van der Waals surface area contributed by atoms with Gasteiger partial charge in [-0.1, -0.05) is 31.2 Å². The van der Waals surface area contributed by atoms with Gasteiger partial charge in [-0.25, -0.2) is 0 Å². The van der Waals surface area contributed by atoms with Gasteiger partial charge in [0.05, 0.1) is 19.0 Å². The lowest BCUT2D eigenvalue weighted by atomic mass is 10.2. The van der Waals surface area contributed by atoms with Gasteiger partial charge in [-0.15, -0.1) is 0 Å². The third kappa shape index (κ3) is 5.76. The number of para-hydroxylation sites is 2. The van der Waals surface area contributed by atoms with Crippen LogP contribution in [0.1, 0.15) is 18.9 Å². The average Bonchev–Trinajstić information content (AvgIpc) is 2.63. The molecule has 2 rings (SSSR count). The van der Waals surface area contributed by atoms with Crippen molar-refractivity contribution >= 4 is 34.9 Å². The molecular formula is C19H24N4OS. The highest BCUT2D eigenvalue weighted by Gasteiger charge is 2.02. The van der Waals surface area contributed by atoms with E-state index in [9.17, 15) is 0 Å². The second-order valence-corrected chi connectivity index (χ2v) is 5.95. The average molecular weight is 356 g/mol. The molecule has 0 aromatic heterocycles. The first-order chi connectivity index (χ1) is 12.1. The fourth-order valence-corrected chi connectivity index (χ4v) is 2.51. The SMILES string of the molecule is CCCN(C)c1ccc(/C=N/NC(=S)Nc2ccccc2OC)cc1. The van der Waals surface area contributed by atoms with Crippen LogP contribution in [0.5, 0.6) is 5.75 Å². The third-order valence-corrected chi connectivity index (χ3v) is 3.82. The minimum Gasteiger partial charge on any atom is -0.495 e. The van der Waals surface area contributed by atoms with E-state index < -0.39 is 0 Å². The molecule has 0 unspecified atom stereocenters. The molecule has 2 N–H and O–H groups in total. The lowest BCUT2D eigenvalue weighted by Crippen LogP contribution is -2.24. The Hall–Kier alpha value is -2.60. The van der Waals surface area contributed by atoms with Gasteiger partial charge >= 0.3 is 0 Å². The Kier molecular flexibility index (Phi) is 7.22. The van der Waals surface area contributed by atoms with E-state index in [2.05, 4.69) is 46.8 Å². The second kappa shape index (κ2) is 9.64. The predicted molar refractivity (Wildman–Crippen MR) is 110 cm³/mol. The Balaban J connectivity index is 1.88. The zero-order valence-corrected chi connectivity index (χ0v) is 15.6. The molecule has 0 bridgehead atoms. The summed E-state index contributed by atoms with van der Waals surface area (Å²) in [5.74, 6) is 0.724. The van der Waals surface area contributed by atoms with Crippen LogP contribution in [0.25, 0.3) is 0 Å². The highest BCUT2D eigenvalue weighted by atomic mass is 32.1. The number of methoxy groups -OCH3 is 1. The molecule has 0 spiro atoms. The summed E-state index contributed by atoms with van der Waals surface area (Å²) in [5, 5.41) is 7.63. The van der Waals surface area contributed by atoms with Gasteiger partial charge in [0.25, 0.3) is 0 Å². The molecule has 2 aromatic rings. The molecule has 0 radical (unpaired) electrons. The van der Waals surface area contributed by atoms with Crippen molar-refractivity contribution in [1.82, 2.24) is 5.43 Å². The molecule has 0 atom stereocenters. The second-order valence-electron chi connectivity index (χ2n) is 5.54. The molecule has 5 nitrogen and oxygen atoms in total. The molecule has 0 aliphatic heterocycles. The first kappa shape index (κ1) is 18.7. The van der Waals surface area contributed by atoms with E-state index >= 15 is 0 Å². The molecule has 132 valence electrons. The van der Waals surface area contributed by atoms with Crippen molar-refractivity contribution in [2.24, 2.45) is 5.10 Å². The van der Waals surface area contributed by atoms with Gasteiger partial charge in [0.1, 0.15) is 5.75 Å². The van der Waals surface area contributed by atoms with Crippen LogP contribution in [-0.2, 0) is 0 Å². The molecule has 2 aromatic carbocycles. The smallest absolute Gasteiger partial charge is 0.191 e. The van der Waals surface area contributed by atoms with E-state index in [1.54, 1.807) is 13.3 Å². The fraction of sp³-hybridized carbons (Fsp3) is 0.263. The predicted octanol–water partition coefficient (Wildman–Crippen LogP) is 3.86. The van der Waals surface area contributed by atoms with E-state index in [1.807, 2.05) is 36.4 Å². The van der Waals surface area contributed by atoms with Crippen LogP contribution in [0.4, 0.5) is 11.4 Å². The van der Waals surface area contributed by atoms with Crippen molar-refractivity contribution < 1.29 is 4.74 Å². The van der Waals surface area contributed by atoms with E-state index in [0.29, 0.717) is 5.11 Å². The Bertz CT molecular complexity index is 716. The number of ether oxygens (including phenoxy) is 1. The molecular weight excluding hydrogens is 332 g/mol. The number of hydrogen-bond acceptors (Lipinski definition) is 4. The van der Waals surface area contributed by atoms with Gasteiger partial charge in [-0.3, -0.25) is 5.43 Å². The van der Waals surface area contributed by atoms with Crippen molar-refractivity contribution in [2.75, 3.05) is 30.9 Å². The van der Waals surface area contributed by atoms with Crippen LogP contribution in [0.3, 0.4) is 0 Å². The van der Waals surface area contributed by atoms with Crippen molar-refractivity contribution in [2.45, 2.75) is 13.3 Å². The number of thiocarbonyl (C=S) groups is 1. The highest BCUT2D eigenvalue weighted by Crippen LogP contribution is 2.22. The van der Waals surface area contributed by atoms with Gasteiger partial charge in [0.15, 0.2) is 5.11 Å². The summed E-state index contributed by atoms with van der Waals surface area (Å²) in [7, 11) is 3.72. The number of hydrogen-bond donors (Lipinski definition) is 2. The molecule has 0 saturated carbocycles. The van der Waals surface area contributed by atoms with E-state index in [4.69, 9.17) is 17.0 Å². The van der Waals surface area contributed by atoms with Crippen LogP contribution in [-0.4, -0.2) is 32.0 Å². The number of nitrogens with one attached hydrogen (secondary N) is 2. The molecule has 0 amide bonds. The molecule has 0 heterocycles. The zero-order valence-electron chi connectivity index (χ0n) is 14.8. The highest BCUT2D eigenvalue weighted by molar-refractivity contribution is 7.80. The van der Waals surface area contributed by atoms with E-state index in [1.165, 1.54) is 5.69 Å². The fourth-order valence-electron chi connectivity index (χ4n) is 2.34.